The van der Waals surface area contributed by atoms with E-state index in [2.05, 4.69) is 5.32 Å². The minimum Gasteiger partial charge on any atom is -0.494 e. The number of urea groups is 1. The van der Waals surface area contributed by atoms with Crippen molar-refractivity contribution in [3.8, 4) is 5.75 Å². The van der Waals surface area contributed by atoms with Crippen molar-refractivity contribution in [2.45, 2.75) is 6.92 Å². The molecule has 1 aliphatic rings. The maximum Gasteiger partial charge on any atom is 0.325 e. The standard InChI is InChI=1S/C20H22N4O4/c1-2-28-17-9-7-16(8-10-17)24-12-11-23(20(24)27)13-18(25)22-15-5-3-14(4-6-15)19(21)26/h3-10H,2,11-13H2,1H3,(H2,21,26)(H,22,25). The third-order valence-corrected chi connectivity index (χ3v) is 4.34. The number of nitrogens with one attached hydrogen (secondary N) is 1. The fraction of sp³-hybridized carbons (Fsp3) is 0.250. The second kappa shape index (κ2) is 8.43. The highest BCUT2D eigenvalue weighted by Gasteiger charge is 2.30. The van der Waals surface area contributed by atoms with Gasteiger partial charge in [0.05, 0.1) is 6.61 Å². The van der Waals surface area contributed by atoms with Gasteiger partial charge >= 0.3 is 6.03 Å². The summed E-state index contributed by atoms with van der Waals surface area (Å²) in [7, 11) is 0. The zero-order chi connectivity index (χ0) is 20.1. The van der Waals surface area contributed by atoms with Gasteiger partial charge in [-0.15, -0.1) is 0 Å². The Kier molecular flexibility index (Phi) is 5.78. The van der Waals surface area contributed by atoms with Gasteiger partial charge in [0, 0.05) is 30.0 Å². The van der Waals surface area contributed by atoms with Crippen LogP contribution in [0, 0.1) is 0 Å². The van der Waals surface area contributed by atoms with Crippen LogP contribution in [-0.2, 0) is 4.79 Å². The maximum atomic E-state index is 12.6. The fourth-order valence-electron chi connectivity index (χ4n) is 2.95. The number of anilines is 2. The summed E-state index contributed by atoms with van der Waals surface area (Å²) in [6.45, 7) is 3.40. The van der Waals surface area contributed by atoms with Crippen molar-refractivity contribution in [2.24, 2.45) is 5.73 Å². The average molecular weight is 382 g/mol. The molecule has 1 aliphatic heterocycles. The molecule has 4 amide bonds. The average Bonchev–Trinajstić information content (AvgIpc) is 3.03. The summed E-state index contributed by atoms with van der Waals surface area (Å²) in [6.07, 6.45) is 0. The van der Waals surface area contributed by atoms with Crippen LogP contribution in [0.15, 0.2) is 48.5 Å². The number of nitrogens with two attached hydrogens (primary N) is 1. The van der Waals surface area contributed by atoms with E-state index < -0.39 is 5.91 Å². The molecule has 3 rings (SSSR count). The van der Waals surface area contributed by atoms with E-state index in [0.29, 0.717) is 30.9 Å². The first kappa shape index (κ1) is 19.2. The highest BCUT2D eigenvalue weighted by atomic mass is 16.5. The molecule has 1 fully saturated rings. The second-order valence-corrected chi connectivity index (χ2v) is 6.27. The lowest BCUT2D eigenvalue weighted by Crippen LogP contribution is -2.37. The summed E-state index contributed by atoms with van der Waals surface area (Å²) in [4.78, 5) is 39.1. The number of rotatable bonds is 7. The van der Waals surface area contributed by atoms with Crippen molar-refractivity contribution in [3.63, 3.8) is 0 Å². The first-order chi connectivity index (χ1) is 13.5. The molecule has 2 aromatic rings. The minimum atomic E-state index is -0.532. The first-order valence-corrected chi connectivity index (χ1v) is 8.97. The van der Waals surface area contributed by atoms with E-state index >= 15 is 0 Å². The number of amides is 4. The van der Waals surface area contributed by atoms with Crippen LogP contribution in [-0.4, -0.2) is 49.0 Å². The van der Waals surface area contributed by atoms with Crippen molar-refractivity contribution in [3.05, 3.63) is 54.1 Å². The maximum absolute atomic E-state index is 12.6. The van der Waals surface area contributed by atoms with Crippen LogP contribution >= 0.6 is 0 Å². The van der Waals surface area contributed by atoms with E-state index in [1.807, 2.05) is 31.2 Å². The molecular formula is C20H22N4O4. The number of hydrogen-bond donors (Lipinski definition) is 2. The first-order valence-electron chi connectivity index (χ1n) is 8.97. The van der Waals surface area contributed by atoms with E-state index in [1.54, 1.807) is 17.0 Å². The van der Waals surface area contributed by atoms with Crippen LogP contribution in [0.2, 0.25) is 0 Å². The summed E-state index contributed by atoms with van der Waals surface area (Å²) in [6, 6.07) is 13.3. The molecule has 2 aromatic carbocycles. The zero-order valence-electron chi connectivity index (χ0n) is 15.6. The predicted molar refractivity (Wildman–Crippen MR) is 106 cm³/mol. The van der Waals surface area contributed by atoms with Gasteiger partial charge in [-0.05, 0) is 55.5 Å². The topological polar surface area (TPSA) is 105 Å². The lowest BCUT2D eigenvalue weighted by atomic mass is 10.2. The predicted octanol–water partition coefficient (Wildman–Crippen LogP) is 2.06. The third-order valence-electron chi connectivity index (χ3n) is 4.34. The van der Waals surface area contributed by atoms with Gasteiger partial charge in [-0.2, -0.15) is 0 Å². The van der Waals surface area contributed by atoms with Crippen molar-refractivity contribution in [1.82, 2.24) is 4.90 Å². The van der Waals surface area contributed by atoms with Crippen LogP contribution in [0.4, 0.5) is 16.2 Å². The number of carbonyl (C=O) groups is 3. The quantitative estimate of drug-likeness (QED) is 0.765. The number of primary amides is 1. The summed E-state index contributed by atoms with van der Waals surface area (Å²) >= 11 is 0. The molecular weight excluding hydrogens is 360 g/mol. The molecule has 146 valence electrons. The Morgan fingerprint density at radius 1 is 1.07 bits per heavy atom. The molecule has 0 saturated carbocycles. The second-order valence-electron chi connectivity index (χ2n) is 6.27. The number of nitrogens with zero attached hydrogens (tertiary/aromatic N) is 2. The van der Waals surface area contributed by atoms with Crippen LogP contribution in [0.1, 0.15) is 17.3 Å². The summed E-state index contributed by atoms with van der Waals surface area (Å²) in [5.41, 5.74) is 6.85. The smallest absolute Gasteiger partial charge is 0.325 e. The molecule has 0 spiro atoms. The highest BCUT2D eigenvalue weighted by molar-refractivity contribution is 5.99. The van der Waals surface area contributed by atoms with Gasteiger partial charge in [0.2, 0.25) is 11.8 Å². The molecule has 0 radical (unpaired) electrons. The van der Waals surface area contributed by atoms with Crippen LogP contribution in [0.3, 0.4) is 0 Å². The van der Waals surface area contributed by atoms with Gasteiger partial charge in [-0.25, -0.2) is 4.79 Å². The number of hydrogen-bond acceptors (Lipinski definition) is 4. The Labute approximate surface area is 162 Å². The Morgan fingerprint density at radius 3 is 2.36 bits per heavy atom. The lowest BCUT2D eigenvalue weighted by molar-refractivity contribution is -0.116. The van der Waals surface area contributed by atoms with Gasteiger partial charge in [-0.1, -0.05) is 0 Å². The van der Waals surface area contributed by atoms with Crippen LogP contribution in [0.25, 0.3) is 0 Å². The largest absolute Gasteiger partial charge is 0.494 e. The summed E-state index contributed by atoms with van der Waals surface area (Å²) in [5.74, 6) is -0.0971. The lowest BCUT2D eigenvalue weighted by Gasteiger charge is -2.18. The molecule has 0 aliphatic carbocycles. The molecule has 0 unspecified atom stereocenters. The van der Waals surface area contributed by atoms with Crippen molar-refractivity contribution >= 4 is 29.2 Å². The molecule has 0 bridgehead atoms. The van der Waals surface area contributed by atoms with E-state index in [0.717, 1.165) is 11.4 Å². The Bertz CT molecular complexity index is 865. The van der Waals surface area contributed by atoms with Crippen LogP contribution in [0.5, 0.6) is 5.75 Å². The van der Waals surface area contributed by atoms with Gasteiger partial charge < -0.3 is 20.7 Å². The summed E-state index contributed by atoms with van der Waals surface area (Å²) in [5, 5.41) is 2.71. The van der Waals surface area contributed by atoms with Crippen molar-refractivity contribution in [2.75, 3.05) is 36.5 Å². The van der Waals surface area contributed by atoms with Gasteiger partial charge in [0.25, 0.3) is 0 Å². The molecule has 1 saturated heterocycles. The normalized spacial score (nSPS) is 13.5. The van der Waals surface area contributed by atoms with E-state index in [4.69, 9.17) is 10.5 Å². The van der Waals surface area contributed by atoms with Crippen molar-refractivity contribution in [1.29, 1.82) is 0 Å². The monoisotopic (exact) mass is 382 g/mol. The van der Waals surface area contributed by atoms with Gasteiger partial charge in [0.15, 0.2) is 0 Å². The minimum absolute atomic E-state index is 0.0517. The zero-order valence-corrected chi connectivity index (χ0v) is 15.6. The Hall–Kier alpha value is -3.55. The number of benzene rings is 2. The van der Waals surface area contributed by atoms with Gasteiger partial charge in [-0.3, -0.25) is 14.5 Å². The SMILES string of the molecule is CCOc1ccc(N2CCN(CC(=O)Nc3ccc(C(N)=O)cc3)C2=O)cc1. The number of ether oxygens (including phenoxy) is 1. The molecule has 0 aromatic heterocycles. The van der Waals surface area contributed by atoms with Crippen LogP contribution < -0.4 is 20.7 Å². The van der Waals surface area contributed by atoms with E-state index in [9.17, 15) is 14.4 Å². The summed E-state index contributed by atoms with van der Waals surface area (Å²) < 4.78 is 5.41. The molecule has 3 N–H and O–H groups in total. The van der Waals surface area contributed by atoms with Gasteiger partial charge in [0.1, 0.15) is 12.3 Å². The van der Waals surface area contributed by atoms with E-state index in [1.165, 1.54) is 17.0 Å². The van der Waals surface area contributed by atoms with Crippen molar-refractivity contribution < 1.29 is 19.1 Å². The molecule has 0 atom stereocenters. The molecule has 8 heteroatoms. The Morgan fingerprint density at radius 2 is 1.75 bits per heavy atom. The molecule has 8 nitrogen and oxygen atoms in total. The fourth-order valence-corrected chi connectivity index (χ4v) is 2.95. The third kappa shape index (κ3) is 4.40. The Balaban J connectivity index is 1.57. The molecule has 28 heavy (non-hydrogen) atoms. The highest BCUT2D eigenvalue weighted by Crippen LogP contribution is 2.23. The number of carbonyl (C=O) groups excluding carboxylic acids is 3. The van der Waals surface area contributed by atoms with E-state index in [-0.39, 0.29) is 18.5 Å². The molecule has 1 heterocycles.